The smallest absolute Gasteiger partial charge is 0.237 e. The Morgan fingerprint density at radius 2 is 1.78 bits per heavy atom. The molecule has 0 saturated carbocycles. The maximum atomic E-state index is 12.7. The number of rotatable bonds is 4. The minimum Gasteiger partial charge on any atom is -0.381 e. The summed E-state index contributed by atoms with van der Waals surface area (Å²) in [5.41, 5.74) is 3.99. The minimum absolute atomic E-state index is 0.160. The third kappa shape index (κ3) is 2.72. The Bertz CT molecular complexity index is 720. The highest BCUT2D eigenvalue weighted by molar-refractivity contribution is 6.08. The zero-order chi connectivity index (χ0) is 16.6. The molecule has 1 heterocycles. The molecule has 0 aromatic heterocycles. The molecule has 0 bridgehead atoms. The average molecular weight is 308 g/mol. The number of hydrogen-bond donors (Lipinski definition) is 1. The highest BCUT2D eigenvalue weighted by atomic mass is 16.2. The Morgan fingerprint density at radius 1 is 1.09 bits per heavy atom. The molecule has 0 aliphatic carbocycles. The van der Waals surface area contributed by atoms with Gasteiger partial charge in [-0.3, -0.25) is 4.79 Å². The molecular weight excluding hydrogens is 284 g/mol. The van der Waals surface area contributed by atoms with E-state index in [1.165, 1.54) is 5.56 Å². The summed E-state index contributed by atoms with van der Waals surface area (Å²) in [5, 5.41) is 3.45. The van der Waals surface area contributed by atoms with Gasteiger partial charge in [-0.05, 0) is 51.0 Å². The Morgan fingerprint density at radius 3 is 2.43 bits per heavy atom. The molecule has 2 aromatic rings. The molecule has 0 unspecified atom stereocenters. The van der Waals surface area contributed by atoms with Crippen molar-refractivity contribution in [1.29, 1.82) is 0 Å². The lowest BCUT2D eigenvalue weighted by atomic mass is 9.86. The molecule has 1 amide bonds. The summed E-state index contributed by atoms with van der Waals surface area (Å²) in [4.78, 5) is 14.6. The number of nitrogens with one attached hydrogen (secondary N) is 1. The third-order valence-electron chi connectivity index (χ3n) is 4.54. The minimum atomic E-state index is -0.447. The van der Waals surface area contributed by atoms with Gasteiger partial charge in [0, 0.05) is 18.3 Å². The molecule has 23 heavy (non-hydrogen) atoms. The lowest BCUT2D eigenvalue weighted by Gasteiger charge is -2.24. The number of anilines is 2. The Kier molecular flexibility index (Phi) is 3.88. The number of amides is 1. The molecule has 0 saturated heterocycles. The van der Waals surface area contributed by atoms with Gasteiger partial charge in [-0.1, -0.05) is 36.4 Å². The van der Waals surface area contributed by atoms with Crippen LogP contribution in [0.3, 0.4) is 0 Å². The van der Waals surface area contributed by atoms with E-state index < -0.39 is 5.41 Å². The first kappa shape index (κ1) is 15.6. The molecule has 0 spiro atoms. The molecular formula is C20H24N2O. The van der Waals surface area contributed by atoms with Gasteiger partial charge in [0.1, 0.15) is 0 Å². The van der Waals surface area contributed by atoms with E-state index >= 15 is 0 Å². The molecule has 3 nitrogen and oxygen atoms in total. The summed E-state index contributed by atoms with van der Waals surface area (Å²) in [7, 11) is 0. The predicted octanol–water partition coefficient (Wildman–Crippen LogP) is 4.33. The van der Waals surface area contributed by atoms with Crippen LogP contribution in [0.4, 0.5) is 11.4 Å². The van der Waals surface area contributed by atoms with Crippen LogP contribution >= 0.6 is 0 Å². The summed E-state index contributed by atoms with van der Waals surface area (Å²) in [5.74, 6) is 0.183. The van der Waals surface area contributed by atoms with Crippen molar-refractivity contribution in [3.63, 3.8) is 0 Å². The largest absolute Gasteiger partial charge is 0.381 e. The van der Waals surface area contributed by atoms with Crippen molar-refractivity contribution in [1.82, 2.24) is 0 Å². The van der Waals surface area contributed by atoms with E-state index in [4.69, 9.17) is 0 Å². The highest BCUT2D eigenvalue weighted by Crippen LogP contribution is 2.43. The van der Waals surface area contributed by atoms with Gasteiger partial charge in [-0.2, -0.15) is 0 Å². The van der Waals surface area contributed by atoms with Gasteiger partial charge in [0.2, 0.25) is 5.91 Å². The van der Waals surface area contributed by atoms with Crippen LogP contribution < -0.4 is 10.2 Å². The van der Waals surface area contributed by atoms with E-state index in [1.807, 2.05) is 36.9 Å². The fourth-order valence-corrected chi connectivity index (χ4v) is 3.21. The van der Waals surface area contributed by atoms with Gasteiger partial charge < -0.3 is 10.2 Å². The predicted molar refractivity (Wildman–Crippen MR) is 95.9 cm³/mol. The Balaban J connectivity index is 1.88. The maximum absolute atomic E-state index is 12.7. The van der Waals surface area contributed by atoms with Crippen molar-refractivity contribution >= 4 is 17.3 Å². The van der Waals surface area contributed by atoms with Crippen LogP contribution in [0.15, 0.2) is 48.5 Å². The zero-order valence-corrected chi connectivity index (χ0v) is 14.3. The summed E-state index contributed by atoms with van der Waals surface area (Å²) < 4.78 is 0. The van der Waals surface area contributed by atoms with Crippen molar-refractivity contribution < 1.29 is 4.79 Å². The molecule has 0 radical (unpaired) electrons. The van der Waals surface area contributed by atoms with Crippen molar-refractivity contribution in [2.75, 3.05) is 10.2 Å². The van der Waals surface area contributed by atoms with Crippen molar-refractivity contribution in [3.05, 3.63) is 59.7 Å². The van der Waals surface area contributed by atoms with Crippen LogP contribution in [0.25, 0.3) is 0 Å². The molecule has 1 N–H and O–H groups in total. The van der Waals surface area contributed by atoms with Gasteiger partial charge in [0.05, 0.1) is 11.1 Å². The van der Waals surface area contributed by atoms with E-state index in [-0.39, 0.29) is 11.9 Å². The SMILES string of the molecule is CC(C)N1C(=O)C(C)(C)c2ccc(NCc3ccccc3)cc21. The lowest BCUT2D eigenvalue weighted by Crippen LogP contribution is -2.40. The van der Waals surface area contributed by atoms with Crippen LogP contribution in [-0.4, -0.2) is 11.9 Å². The monoisotopic (exact) mass is 308 g/mol. The van der Waals surface area contributed by atoms with E-state index in [0.29, 0.717) is 0 Å². The lowest BCUT2D eigenvalue weighted by molar-refractivity contribution is -0.122. The zero-order valence-electron chi connectivity index (χ0n) is 14.3. The van der Waals surface area contributed by atoms with Crippen molar-refractivity contribution in [2.24, 2.45) is 0 Å². The summed E-state index contributed by atoms with van der Waals surface area (Å²) in [6, 6.07) is 16.7. The second-order valence-corrected chi connectivity index (χ2v) is 6.96. The quantitative estimate of drug-likeness (QED) is 0.911. The third-order valence-corrected chi connectivity index (χ3v) is 4.54. The number of nitrogens with zero attached hydrogens (tertiary/aromatic N) is 1. The van der Waals surface area contributed by atoms with Crippen molar-refractivity contribution in [2.45, 2.75) is 45.7 Å². The number of fused-ring (bicyclic) bond motifs is 1. The first-order valence-electron chi connectivity index (χ1n) is 8.17. The summed E-state index contributed by atoms with van der Waals surface area (Å²) in [6.45, 7) is 8.92. The molecule has 1 aliphatic heterocycles. The second-order valence-electron chi connectivity index (χ2n) is 6.96. The first-order valence-corrected chi connectivity index (χ1v) is 8.17. The number of hydrogen-bond acceptors (Lipinski definition) is 2. The molecule has 2 aromatic carbocycles. The number of carbonyl (C=O) groups excluding carboxylic acids is 1. The molecule has 1 aliphatic rings. The van der Waals surface area contributed by atoms with E-state index in [2.05, 4.69) is 49.5 Å². The van der Waals surface area contributed by atoms with Gasteiger partial charge in [-0.25, -0.2) is 0 Å². The maximum Gasteiger partial charge on any atom is 0.237 e. The van der Waals surface area contributed by atoms with Gasteiger partial charge in [0.15, 0.2) is 0 Å². The van der Waals surface area contributed by atoms with Gasteiger partial charge in [0.25, 0.3) is 0 Å². The summed E-state index contributed by atoms with van der Waals surface area (Å²) in [6.07, 6.45) is 0. The Hall–Kier alpha value is -2.29. The number of carbonyl (C=O) groups is 1. The van der Waals surface area contributed by atoms with E-state index in [1.54, 1.807) is 0 Å². The average Bonchev–Trinajstić information content (AvgIpc) is 2.73. The molecule has 3 rings (SSSR count). The fourth-order valence-electron chi connectivity index (χ4n) is 3.21. The van der Waals surface area contributed by atoms with Gasteiger partial charge >= 0.3 is 0 Å². The standard InChI is InChI=1S/C20H24N2O/c1-14(2)22-18-12-16(21-13-15-8-6-5-7-9-15)10-11-17(18)20(3,4)19(22)23/h5-12,14,21H,13H2,1-4H3. The van der Waals surface area contributed by atoms with Crippen LogP contribution in [-0.2, 0) is 16.8 Å². The first-order chi connectivity index (χ1) is 10.9. The van der Waals surface area contributed by atoms with E-state index in [0.717, 1.165) is 23.5 Å². The summed E-state index contributed by atoms with van der Waals surface area (Å²) >= 11 is 0. The topological polar surface area (TPSA) is 32.3 Å². The number of benzene rings is 2. The van der Waals surface area contributed by atoms with Crippen LogP contribution in [0.5, 0.6) is 0 Å². The van der Waals surface area contributed by atoms with E-state index in [9.17, 15) is 4.79 Å². The Labute approximate surface area is 138 Å². The normalized spacial score (nSPS) is 15.9. The molecule has 0 atom stereocenters. The van der Waals surface area contributed by atoms with Crippen LogP contribution in [0, 0.1) is 0 Å². The fraction of sp³-hybridized carbons (Fsp3) is 0.350. The van der Waals surface area contributed by atoms with Crippen molar-refractivity contribution in [3.8, 4) is 0 Å². The molecule has 120 valence electrons. The molecule has 0 fully saturated rings. The highest BCUT2D eigenvalue weighted by Gasteiger charge is 2.44. The molecule has 3 heteroatoms. The second kappa shape index (κ2) is 5.73. The van der Waals surface area contributed by atoms with Gasteiger partial charge in [-0.15, -0.1) is 0 Å². The van der Waals surface area contributed by atoms with Crippen LogP contribution in [0.2, 0.25) is 0 Å². The van der Waals surface area contributed by atoms with Crippen LogP contribution in [0.1, 0.15) is 38.8 Å².